The Morgan fingerprint density at radius 3 is 1.29 bits per heavy atom. The van der Waals surface area contributed by atoms with Crippen LogP contribution >= 0.6 is 0 Å². The molecule has 0 unspecified atom stereocenters. The molecule has 32 nitrogen and oxygen atoms in total. The molecule has 0 bridgehead atoms. The van der Waals surface area contributed by atoms with Crippen molar-refractivity contribution in [2.75, 3.05) is 6.54 Å². The second kappa shape index (κ2) is 37.3. The fourth-order valence-electron chi connectivity index (χ4n) is 9.58. The van der Waals surface area contributed by atoms with Crippen molar-refractivity contribution >= 4 is 89.0 Å². The van der Waals surface area contributed by atoms with Crippen molar-refractivity contribution in [3.63, 3.8) is 0 Å². The molecule has 1 fully saturated rings. The van der Waals surface area contributed by atoms with E-state index in [0.29, 0.717) is 11.1 Å². The number of aliphatic carboxylic acids is 6. The molecule has 0 saturated carbocycles. The summed E-state index contributed by atoms with van der Waals surface area (Å²) in [5.41, 5.74) is 6.58. The molecule has 2 aromatic rings. The lowest BCUT2D eigenvalue weighted by atomic mass is 9.96. The van der Waals surface area contributed by atoms with Gasteiger partial charge in [0, 0.05) is 45.1 Å². The predicted molar refractivity (Wildman–Crippen MR) is 316 cm³/mol. The van der Waals surface area contributed by atoms with E-state index in [4.69, 9.17) is 5.73 Å². The van der Waals surface area contributed by atoms with Crippen molar-refractivity contribution in [3.05, 3.63) is 65.7 Å². The average Bonchev–Trinajstić information content (AvgIpc) is 1.91. The number of hydrogen-bond donors (Lipinski definition) is 16. The van der Waals surface area contributed by atoms with Gasteiger partial charge in [-0.1, -0.05) is 76.6 Å². The van der Waals surface area contributed by atoms with Crippen LogP contribution in [-0.2, 0) is 84.8 Å². The first-order chi connectivity index (χ1) is 42.8. The van der Waals surface area contributed by atoms with Crippen molar-refractivity contribution in [3.8, 4) is 5.75 Å². The first-order valence-corrected chi connectivity index (χ1v) is 29.4. The van der Waals surface area contributed by atoms with E-state index in [0.717, 1.165) is 4.90 Å². The van der Waals surface area contributed by atoms with Gasteiger partial charge in [-0.2, -0.15) is 0 Å². The van der Waals surface area contributed by atoms with Crippen LogP contribution in [0.4, 0.5) is 0 Å². The third-order valence-corrected chi connectivity index (χ3v) is 14.7. The molecule has 9 amide bonds. The van der Waals surface area contributed by atoms with Crippen LogP contribution in [0.25, 0.3) is 0 Å². The minimum Gasteiger partial charge on any atom is -0.508 e. The van der Waals surface area contributed by atoms with Gasteiger partial charge in [-0.25, -0.2) is 4.79 Å². The van der Waals surface area contributed by atoms with Crippen LogP contribution in [0.15, 0.2) is 54.6 Å². The fraction of sp³-hybridized carbons (Fsp3) is 0.542. The summed E-state index contributed by atoms with van der Waals surface area (Å²) in [6.45, 7) is 6.46. The van der Waals surface area contributed by atoms with Gasteiger partial charge in [0.05, 0.1) is 12.5 Å². The van der Waals surface area contributed by atoms with Crippen molar-refractivity contribution in [1.82, 2.24) is 47.4 Å². The largest absolute Gasteiger partial charge is 0.508 e. The maximum atomic E-state index is 14.7. The molecule has 2 aromatic carbocycles. The quantitative estimate of drug-likeness (QED) is 0.0360. The Hall–Kier alpha value is -9.75. The number of likely N-dealkylation sites (tertiary alicyclic amines) is 1. The third kappa shape index (κ3) is 26.5. The lowest BCUT2D eigenvalue weighted by Crippen LogP contribution is -2.61. The SMILES string of the molecule is CC[C@H](C)[C@H](NC(=O)[C@H](CCC(=O)O)NC(=O)[C@H](CCC(=O)O)NC(=O)[C@H](Cc1ccccc1)NC(=O)[C@@H](N)CC(=O)O)C(=O)N1CCC[C@H]1C(=O)N[C@@H](CCC(=O)O)C(=O)N[C@@H](CCC(=O)O)C(=O)N[C@@H](Cc1ccc(O)cc1)C(=O)N[C@@H](CC(C)C)C(=O)O. The average molecular weight is 1280 g/mol. The lowest BCUT2D eigenvalue weighted by molar-refractivity contribution is -0.144. The smallest absolute Gasteiger partial charge is 0.326 e. The van der Waals surface area contributed by atoms with E-state index in [9.17, 15) is 108 Å². The molecule has 91 heavy (non-hydrogen) atoms. The van der Waals surface area contributed by atoms with E-state index in [1.54, 1.807) is 58.0 Å². The Morgan fingerprint density at radius 1 is 0.495 bits per heavy atom. The number of nitrogens with one attached hydrogen (secondary N) is 8. The monoisotopic (exact) mass is 1280 g/mol. The van der Waals surface area contributed by atoms with Crippen molar-refractivity contribution in [2.24, 2.45) is 17.6 Å². The van der Waals surface area contributed by atoms with Crippen molar-refractivity contribution in [1.29, 1.82) is 0 Å². The van der Waals surface area contributed by atoms with Crippen LogP contribution in [0.2, 0.25) is 0 Å². The van der Waals surface area contributed by atoms with Gasteiger partial charge in [0.2, 0.25) is 53.2 Å². The number of aromatic hydroxyl groups is 1. The predicted octanol–water partition coefficient (Wildman–Crippen LogP) is -1.52. The van der Waals surface area contributed by atoms with Gasteiger partial charge in [-0.3, -0.25) is 67.1 Å². The van der Waals surface area contributed by atoms with Gasteiger partial charge in [0.25, 0.3) is 0 Å². The fourth-order valence-corrected chi connectivity index (χ4v) is 9.58. The molecular weight excluding hydrogens is 1200 g/mol. The summed E-state index contributed by atoms with van der Waals surface area (Å²) < 4.78 is 0. The minimum absolute atomic E-state index is 0.0185. The summed E-state index contributed by atoms with van der Waals surface area (Å²) in [5.74, 6) is -19.4. The maximum absolute atomic E-state index is 14.7. The summed E-state index contributed by atoms with van der Waals surface area (Å²) >= 11 is 0. The van der Waals surface area contributed by atoms with Crippen LogP contribution in [0.1, 0.15) is 122 Å². The Morgan fingerprint density at radius 2 is 0.879 bits per heavy atom. The van der Waals surface area contributed by atoms with E-state index in [1.807, 2.05) is 0 Å². The van der Waals surface area contributed by atoms with E-state index >= 15 is 0 Å². The second-order valence-electron chi connectivity index (χ2n) is 22.5. The standard InChI is InChI=1S/C59H82N10O22/c1-5-31(4)49(68-54(85)39(20-24-47(77)78)62-51(82)36(17-21-44(71)72)63-55(86)40(27-32-10-7-6-8-11-32)65-50(81)35(60)29-48(79)80)58(89)69-25-9-12-43(69)57(88)64-38(19-23-46(75)76)52(83)61-37(18-22-45(73)74)53(84)66-41(28-33-13-15-34(70)16-14-33)56(87)67-42(59(90)91)26-30(2)3/h6-8,10-11,13-16,30-31,35-43,49,70H,5,9,12,17-29,60H2,1-4H3,(H,61,83)(H,62,82)(H,63,86)(H,64,88)(H,65,81)(H,66,84)(H,67,87)(H,68,85)(H,71,72)(H,73,74)(H,75,76)(H,77,78)(H,79,80)(H,90,91)/t31-,35-,36-,37-,38-,39-,40-,41-,42-,43-,49-/m0/s1. The molecule has 3 rings (SSSR count). The number of amides is 9. The van der Waals surface area contributed by atoms with Gasteiger partial charge in [0.1, 0.15) is 60.1 Å². The van der Waals surface area contributed by atoms with Crippen molar-refractivity contribution in [2.45, 2.75) is 184 Å². The zero-order chi connectivity index (χ0) is 68.2. The summed E-state index contributed by atoms with van der Waals surface area (Å²) in [6, 6.07) is -2.87. The molecule has 17 N–H and O–H groups in total. The van der Waals surface area contributed by atoms with Crippen LogP contribution in [0.3, 0.4) is 0 Å². The summed E-state index contributed by atoms with van der Waals surface area (Å²) in [4.78, 5) is 198. The number of benzene rings is 2. The highest BCUT2D eigenvalue weighted by Crippen LogP contribution is 2.23. The maximum Gasteiger partial charge on any atom is 0.326 e. The van der Waals surface area contributed by atoms with Gasteiger partial charge in [-0.05, 0) is 80.0 Å². The Kier molecular flexibility index (Phi) is 30.9. The van der Waals surface area contributed by atoms with Gasteiger partial charge in [-0.15, -0.1) is 0 Å². The first kappa shape index (κ1) is 75.5. The molecule has 11 atom stereocenters. The van der Waals surface area contributed by atoms with E-state index in [2.05, 4.69) is 42.5 Å². The van der Waals surface area contributed by atoms with E-state index in [1.165, 1.54) is 24.3 Å². The number of nitrogens with zero attached hydrogens (tertiary/aromatic N) is 1. The molecule has 1 aliphatic rings. The number of carboxylic acid groups (broad SMARTS) is 6. The molecule has 0 radical (unpaired) electrons. The highest BCUT2D eigenvalue weighted by molar-refractivity contribution is 5.99. The number of rotatable bonds is 40. The van der Waals surface area contributed by atoms with Crippen LogP contribution in [-0.4, -0.2) is 197 Å². The molecule has 0 aromatic heterocycles. The number of hydrogen-bond acceptors (Lipinski definition) is 17. The first-order valence-electron chi connectivity index (χ1n) is 29.4. The van der Waals surface area contributed by atoms with Crippen LogP contribution in [0.5, 0.6) is 5.75 Å². The summed E-state index contributed by atoms with van der Waals surface area (Å²) in [6.07, 6.45) is -6.70. The number of carbonyl (C=O) groups excluding carboxylic acids is 9. The van der Waals surface area contributed by atoms with Crippen LogP contribution in [0, 0.1) is 11.8 Å². The van der Waals surface area contributed by atoms with E-state index < -0.39 is 213 Å². The molecular formula is C59H82N10O22. The highest BCUT2D eigenvalue weighted by Gasteiger charge is 2.42. The summed E-state index contributed by atoms with van der Waals surface area (Å²) in [7, 11) is 0. The van der Waals surface area contributed by atoms with Gasteiger partial charge >= 0.3 is 35.8 Å². The molecule has 1 heterocycles. The highest BCUT2D eigenvalue weighted by atomic mass is 16.4. The normalized spacial score (nSPS) is 16.0. The third-order valence-electron chi connectivity index (χ3n) is 14.7. The molecule has 0 spiro atoms. The molecule has 32 heteroatoms. The zero-order valence-corrected chi connectivity index (χ0v) is 50.7. The molecule has 0 aliphatic carbocycles. The second-order valence-corrected chi connectivity index (χ2v) is 22.5. The van der Waals surface area contributed by atoms with Gasteiger partial charge in [0.15, 0.2) is 0 Å². The molecule has 1 aliphatic heterocycles. The number of carbonyl (C=O) groups is 15. The van der Waals surface area contributed by atoms with Crippen molar-refractivity contribution < 1.29 is 108 Å². The molecule has 500 valence electrons. The Bertz CT molecular complexity index is 2930. The number of phenols is 1. The summed E-state index contributed by atoms with van der Waals surface area (Å²) in [5, 5.41) is 86.6. The lowest BCUT2D eigenvalue weighted by Gasteiger charge is -2.33. The molecule has 1 saturated heterocycles. The Balaban J connectivity index is 1.94. The Labute approximate surface area is 522 Å². The number of phenolic OH excluding ortho intramolecular Hbond substituents is 1. The van der Waals surface area contributed by atoms with E-state index in [-0.39, 0.29) is 56.7 Å². The number of carboxylic acids is 6. The van der Waals surface area contributed by atoms with Gasteiger partial charge < -0.3 is 88.9 Å². The number of nitrogens with two attached hydrogens (primary N) is 1. The topological polar surface area (TPSA) is 523 Å². The van der Waals surface area contributed by atoms with Crippen LogP contribution < -0.4 is 48.3 Å². The minimum atomic E-state index is -1.81. The zero-order valence-electron chi connectivity index (χ0n) is 50.7.